The zero-order valence-electron chi connectivity index (χ0n) is 16.4. The smallest absolute Gasteiger partial charge is 0.293 e. The number of nitrogens with one attached hydrogen (secondary N) is 2. The zero-order valence-corrected chi connectivity index (χ0v) is 18.0. The molecule has 1 fully saturated rings. The van der Waals surface area contributed by atoms with Gasteiger partial charge in [-0.15, -0.1) is 0 Å². The molecule has 0 radical (unpaired) electrons. The number of amides is 2. The first kappa shape index (κ1) is 21.8. The minimum Gasteiger partial charge on any atom is -0.319 e. The molecule has 2 N–H and O–H groups in total. The second kappa shape index (κ2) is 9.77. The van der Waals surface area contributed by atoms with E-state index >= 15 is 0 Å². The summed E-state index contributed by atoms with van der Waals surface area (Å²) in [6, 6.07) is 8.17. The summed E-state index contributed by atoms with van der Waals surface area (Å²) in [6.07, 6.45) is 3.12. The molecule has 1 atom stereocenters. The predicted molar refractivity (Wildman–Crippen MR) is 116 cm³/mol. The maximum absolute atomic E-state index is 12.6. The van der Waals surface area contributed by atoms with E-state index in [9.17, 15) is 19.7 Å². The molecule has 2 aromatic rings. The van der Waals surface area contributed by atoms with Crippen molar-refractivity contribution >= 4 is 44.9 Å². The minimum absolute atomic E-state index is 0.0609. The SMILES string of the molecule is Cc1ccc(NC(=O)CN2CCCC(C(=O)Nc3ccc(Br)cn3)C2)c([N+](=O)[O-])c1. The molecule has 1 aliphatic rings. The van der Waals surface area contributed by atoms with Crippen molar-refractivity contribution in [2.75, 3.05) is 30.3 Å². The molecule has 1 aromatic heterocycles. The molecular weight excluding hydrogens is 454 g/mol. The number of pyridine rings is 1. The molecule has 1 aromatic carbocycles. The van der Waals surface area contributed by atoms with Crippen LogP contribution in [-0.4, -0.2) is 46.3 Å². The molecule has 30 heavy (non-hydrogen) atoms. The Hall–Kier alpha value is -2.85. The Morgan fingerprint density at radius 3 is 2.80 bits per heavy atom. The van der Waals surface area contributed by atoms with Gasteiger partial charge in [-0.2, -0.15) is 0 Å². The van der Waals surface area contributed by atoms with Crippen molar-refractivity contribution < 1.29 is 14.5 Å². The summed E-state index contributed by atoms with van der Waals surface area (Å²) in [5, 5.41) is 16.6. The van der Waals surface area contributed by atoms with Crippen LogP contribution in [-0.2, 0) is 9.59 Å². The lowest BCUT2D eigenvalue weighted by Crippen LogP contribution is -2.44. The highest BCUT2D eigenvalue weighted by molar-refractivity contribution is 9.10. The van der Waals surface area contributed by atoms with E-state index in [0.29, 0.717) is 18.9 Å². The first-order valence-corrected chi connectivity index (χ1v) is 10.3. The summed E-state index contributed by atoms with van der Waals surface area (Å²) in [5.74, 6) is -0.267. The topological polar surface area (TPSA) is 117 Å². The minimum atomic E-state index is -0.514. The van der Waals surface area contributed by atoms with Crippen LogP contribution in [0.4, 0.5) is 17.2 Å². The first-order chi connectivity index (χ1) is 14.3. The van der Waals surface area contributed by atoms with E-state index in [4.69, 9.17) is 0 Å². The normalized spacial score (nSPS) is 16.7. The van der Waals surface area contributed by atoms with Gasteiger partial charge in [0.05, 0.1) is 17.4 Å². The van der Waals surface area contributed by atoms with Gasteiger partial charge in [0.15, 0.2) is 0 Å². The van der Waals surface area contributed by atoms with Gasteiger partial charge >= 0.3 is 0 Å². The summed E-state index contributed by atoms with van der Waals surface area (Å²) in [6.45, 7) is 2.93. The number of nitrogens with zero attached hydrogens (tertiary/aromatic N) is 3. The average Bonchev–Trinajstić information content (AvgIpc) is 2.71. The van der Waals surface area contributed by atoms with E-state index in [1.54, 1.807) is 31.3 Å². The standard InChI is InChI=1S/C20H22BrN5O4/c1-13-4-6-16(17(9-13)26(29)30)23-19(27)12-25-8-2-3-14(11-25)20(28)24-18-7-5-15(21)10-22-18/h4-7,9-10,14H,2-3,8,11-12H2,1H3,(H,23,27)(H,22,24,28). The molecule has 2 heterocycles. The third-order valence-electron chi connectivity index (χ3n) is 4.85. The number of carbonyl (C=O) groups is 2. The Kier molecular flexibility index (Phi) is 7.11. The van der Waals surface area contributed by atoms with E-state index in [1.165, 1.54) is 12.1 Å². The van der Waals surface area contributed by atoms with E-state index in [-0.39, 0.29) is 35.7 Å². The van der Waals surface area contributed by atoms with Gasteiger partial charge in [0, 0.05) is 23.3 Å². The van der Waals surface area contributed by atoms with Crippen molar-refractivity contribution in [1.29, 1.82) is 0 Å². The third-order valence-corrected chi connectivity index (χ3v) is 5.32. The third kappa shape index (κ3) is 5.83. The number of aryl methyl sites for hydroxylation is 1. The Morgan fingerprint density at radius 1 is 1.30 bits per heavy atom. The number of carbonyl (C=O) groups excluding carboxylic acids is 2. The van der Waals surface area contributed by atoms with Crippen molar-refractivity contribution in [2.24, 2.45) is 5.92 Å². The van der Waals surface area contributed by atoms with E-state index in [1.807, 2.05) is 4.90 Å². The largest absolute Gasteiger partial charge is 0.319 e. The second-order valence-corrected chi connectivity index (χ2v) is 8.17. The zero-order chi connectivity index (χ0) is 21.7. The number of aromatic nitrogens is 1. The number of piperidine rings is 1. The summed E-state index contributed by atoms with van der Waals surface area (Å²) in [4.78, 5) is 41.8. The molecule has 0 saturated carbocycles. The van der Waals surface area contributed by atoms with Crippen molar-refractivity contribution in [1.82, 2.24) is 9.88 Å². The van der Waals surface area contributed by atoms with Crippen molar-refractivity contribution in [3.8, 4) is 0 Å². The molecule has 0 aliphatic carbocycles. The fourth-order valence-electron chi connectivity index (χ4n) is 3.38. The van der Waals surface area contributed by atoms with Gasteiger partial charge in [-0.3, -0.25) is 24.6 Å². The molecule has 1 unspecified atom stereocenters. The molecule has 3 rings (SSSR count). The lowest BCUT2D eigenvalue weighted by Gasteiger charge is -2.31. The number of nitro groups is 1. The van der Waals surface area contributed by atoms with Crippen LogP contribution in [0.3, 0.4) is 0 Å². The monoisotopic (exact) mass is 475 g/mol. The van der Waals surface area contributed by atoms with Gasteiger partial charge in [-0.05, 0) is 66.0 Å². The van der Waals surface area contributed by atoms with Crippen molar-refractivity contribution in [2.45, 2.75) is 19.8 Å². The molecule has 0 spiro atoms. The van der Waals surface area contributed by atoms with E-state index in [2.05, 4.69) is 31.5 Å². The van der Waals surface area contributed by atoms with E-state index < -0.39 is 4.92 Å². The van der Waals surface area contributed by atoms with Gasteiger partial charge in [-0.1, -0.05) is 6.07 Å². The van der Waals surface area contributed by atoms with Crippen LogP contribution in [0, 0.1) is 23.0 Å². The Morgan fingerprint density at radius 2 is 2.10 bits per heavy atom. The lowest BCUT2D eigenvalue weighted by atomic mass is 9.97. The number of anilines is 2. The van der Waals surface area contributed by atoms with Crippen molar-refractivity contribution in [3.63, 3.8) is 0 Å². The maximum Gasteiger partial charge on any atom is 0.293 e. The highest BCUT2D eigenvalue weighted by Gasteiger charge is 2.27. The van der Waals surface area contributed by atoms with Crippen LogP contribution in [0.15, 0.2) is 41.0 Å². The molecule has 1 saturated heterocycles. The van der Waals surface area contributed by atoms with Crippen molar-refractivity contribution in [3.05, 3.63) is 56.7 Å². The highest BCUT2D eigenvalue weighted by Crippen LogP contribution is 2.25. The van der Waals surface area contributed by atoms with Crippen LogP contribution < -0.4 is 10.6 Å². The van der Waals surface area contributed by atoms with Crippen LogP contribution >= 0.6 is 15.9 Å². The van der Waals surface area contributed by atoms with Crippen LogP contribution in [0.2, 0.25) is 0 Å². The Balaban J connectivity index is 1.57. The first-order valence-electron chi connectivity index (χ1n) is 9.51. The summed E-state index contributed by atoms with van der Waals surface area (Å²) < 4.78 is 0.823. The fourth-order valence-corrected chi connectivity index (χ4v) is 3.62. The highest BCUT2D eigenvalue weighted by atomic mass is 79.9. The second-order valence-electron chi connectivity index (χ2n) is 7.25. The van der Waals surface area contributed by atoms with Crippen LogP contribution in [0.5, 0.6) is 0 Å². The molecule has 0 bridgehead atoms. The molecule has 2 amide bonds. The van der Waals surface area contributed by atoms with Gasteiger partial charge < -0.3 is 10.6 Å². The average molecular weight is 476 g/mol. The van der Waals surface area contributed by atoms with Gasteiger partial charge in [0.2, 0.25) is 11.8 Å². The molecule has 9 nitrogen and oxygen atoms in total. The summed E-state index contributed by atoms with van der Waals surface area (Å²) >= 11 is 3.30. The molecule has 158 valence electrons. The molecule has 1 aliphatic heterocycles. The van der Waals surface area contributed by atoms with E-state index in [0.717, 1.165) is 22.9 Å². The number of hydrogen-bond donors (Lipinski definition) is 2. The predicted octanol–water partition coefficient (Wildman–Crippen LogP) is 3.35. The number of rotatable bonds is 6. The molecule has 10 heteroatoms. The number of halogens is 1. The quantitative estimate of drug-likeness (QED) is 0.488. The number of likely N-dealkylation sites (tertiary alicyclic amines) is 1. The Labute approximate surface area is 182 Å². The summed E-state index contributed by atoms with van der Waals surface area (Å²) in [7, 11) is 0. The molecular formula is C20H22BrN5O4. The van der Waals surface area contributed by atoms with Crippen LogP contribution in [0.1, 0.15) is 18.4 Å². The van der Waals surface area contributed by atoms with Gasteiger partial charge in [-0.25, -0.2) is 4.98 Å². The number of hydrogen-bond acceptors (Lipinski definition) is 6. The lowest BCUT2D eigenvalue weighted by molar-refractivity contribution is -0.384. The van der Waals surface area contributed by atoms with Crippen LogP contribution in [0.25, 0.3) is 0 Å². The fraction of sp³-hybridized carbons (Fsp3) is 0.350. The maximum atomic E-state index is 12.6. The number of benzene rings is 1. The van der Waals surface area contributed by atoms with Gasteiger partial charge in [0.1, 0.15) is 11.5 Å². The Bertz CT molecular complexity index is 951. The summed E-state index contributed by atoms with van der Waals surface area (Å²) in [5.41, 5.74) is 0.773. The van der Waals surface area contributed by atoms with Gasteiger partial charge in [0.25, 0.3) is 5.69 Å². The number of nitro benzene ring substituents is 1.